The van der Waals surface area contributed by atoms with Gasteiger partial charge in [-0.2, -0.15) is 10.5 Å². The number of ether oxygens (including phenoxy) is 1. The molecule has 0 amide bonds. The van der Waals surface area contributed by atoms with Crippen molar-refractivity contribution in [2.24, 2.45) is 4.99 Å². The lowest BCUT2D eigenvalue weighted by molar-refractivity contribution is 0.465. The molecule has 0 aliphatic carbocycles. The molecule has 0 atom stereocenters. The Kier molecular flexibility index (Phi) is 5.53. The van der Waals surface area contributed by atoms with Crippen molar-refractivity contribution in [2.45, 2.75) is 6.92 Å². The maximum Gasteiger partial charge on any atom is 0.167 e. The Morgan fingerprint density at radius 1 is 0.659 bits per heavy atom. The fourth-order valence-electron chi connectivity index (χ4n) is 5.98. The maximum absolute atomic E-state index is 9.49. The van der Waals surface area contributed by atoms with E-state index in [9.17, 15) is 10.5 Å². The molecular weight excluding hydrogens is 546 g/mol. The van der Waals surface area contributed by atoms with Crippen molar-refractivity contribution >= 4 is 49.6 Å². The molecule has 1 aliphatic heterocycles. The van der Waals surface area contributed by atoms with Gasteiger partial charge in [0.1, 0.15) is 45.6 Å². The third-order valence-electron chi connectivity index (χ3n) is 8.07. The third kappa shape index (κ3) is 3.83. The first kappa shape index (κ1) is 25.3. The lowest BCUT2D eigenvalue weighted by atomic mass is 9.97. The zero-order valence-electron chi connectivity index (χ0n) is 23.5. The minimum Gasteiger partial charge on any atom is -0.456 e. The smallest absolute Gasteiger partial charge is 0.167 e. The van der Waals surface area contributed by atoms with E-state index in [4.69, 9.17) is 13.6 Å². The van der Waals surface area contributed by atoms with E-state index in [0.717, 1.165) is 66.1 Å². The van der Waals surface area contributed by atoms with Gasteiger partial charge in [-0.25, -0.2) is 4.99 Å². The largest absolute Gasteiger partial charge is 0.456 e. The second-order valence-electron chi connectivity index (χ2n) is 10.7. The van der Waals surface area contributed by atoms with Crippen LogP contribution in [-0.4, -0.2) is 5.71 Å². The zero-order chi connectivity index (χ0) is 29.9. The molecule has 8 rings (SSSR count). The molecule has 5 aromatic carbocycles. The highest BCUT2D eigenvalue weighted by Gasteiger charge is 2.28. The van der Waals surface area contributed by atoms with E-state index in [0.29, 0.717) is 28.4 Å². The summed E-state index contributed by atoms with van der Waals surface area (Å²) < 4.78 is 18.5. The predicted octanol–water partition coefficient (Wildman–Crippen LogP) is 9.84. The van der Waals surface area contributed by atoms with Crippen LogP contribution in [0.1, 0.15) is 12.5 Å². The van der Waals surface area contributed by atoms with E-state index in [1.807, 2.05) is 66.7 Å². The fraction of sp³-hybridized carbons (Fsp3) is 0.0263. The van der Waals surface area contributed by atoms with Gasteiger partial charge in [0.15, 0.2) is 5.76 Å². The van der Waals surface area contributed by atoms with Crippen molar-refractivity contribution in [3.8, 4) is 40.1 Å². The molecule has 0 N–H and O–H groups in total. The molecule has 1 aliphatic rings. The maximum atomic E-state index is 9.49. The third-order valence-corrected chi connectivity index (χ3v) is 8.07. The van der Waals surface area contributed by atoms with Gasteiger partial charge in [0.2, 0.25) is 0 Å². The number of nitrogens with zero attached hydrogens (tertiary/aromatic N) is 3. The predicted molar refractivity (Wildman–Crippen MR) is 172 cm³/mol. The van der Waals surface area contributed by atoms with Gasteiger partial charge in [0.25, 0.3) is 0 Å². The van der Waals surface area contributed by atoms with Gasteiger partial charge >= 0.3 is 0 Å². The van der Waals surface area contributed by atoms with Crippen LogP contribution in [0, 0.1) is 22.7 Å². The molecule has 0 spiro atoms. The van der Waals surface area contributed by atoms with Gasteiger partial charge < -0.3 is 13.6 Å². The number of rotatable bonds is 3. The second-order valence-corrected chi connectivity index (χ2v) is 10.7. The van der Waals surface area contributed by atoms with Crippen molar-refractivity contribution in [3.63, 3.8) is 0 Å². The number of allylic oxidation sites excluding steroid dienone is 3. The standard InChI is InChI=1S/C38H21N3O3/c1-21(19-39)38-37(41-22(2)20-40)29-14-11-24(18-35(29)44-38)23-10-13-27-30-16-25(12-15-32(30)43-34(27)17-23)26-7-5-9-33-36(26)28-6-3-4-8-31(28)42-33/h3-18H,2H2,1H3/b38-21-,41-37?. The highest BCUT2D eigenvalue weighted by Crippen LogP contribution is 2.41. The molecule has 0 saturated heterocycles. The molecule has 44 heavy (non-hydrogen) atoms. The highest BCUT2D eigenvalue weighted by atomic mass is 16.5. The molecule has 0 saturated carbocycles. The summed E-state index contributed by atoms with van der Waals surface area (Å²) in [5, 5.41) is 23.0. The van der Waals surface area contributed by atoms with Crippen LogP contribution in [0.2, 0.25) is 0 Å². The molecule has 6 nitrogen and oxygen atoms in total. The summed E-state index contributed by atoms with van der Waals surface area (Å²) in [6.07, 6.45) is 0. The molecule has 3 heterocycles. The van der Waals surface area contributed by atoms with E-state index in [2.05, 4.69) is 54.0 Å². The Bertz CT molecular complexity index is 2530. The Balaban J connectivity index is 1.21. The van der Waals surface area contributed by atoms with Crippen LogP contribution < -0.4 is 4.74 Å². The summed E-state index contributed by atoms with van der Waals surface area (Å²) in [5.41, 5.74) is 8.92. The highest BCUT2D eigenvalue weighted by molar-refractivity contribution is 6.17. The fourth-order valence-corrected chi connectivity index (χ4v) is 5.98. The molecule has 0 unspecified atom stereocenters. The second kappa shape index (κ2) is 9.59. The number of para-hydroxylation sites is 1. The topological polar surface area (TPSA) is 95.5 Å². The van der Waals surface area contributed by atoms with Crippen molar-refractivity contribution in [3.05, 3.63) is 126 Å². The monoisotopic (exact) mass is 567 g/mol. The first-order chi connectivity index (χ1) is 21.5. The number of aliphatic imine (C=N–C) groups is 1. The van der Waals surface area contributed by atoms with Crippen LogP contribution in [0.3, 0.4) is 0 Å². The van der Waals surface area contributed by atoms with Crippen molar-refractivity contribution in [1.82, 2.24) is 0 Å². The van der Waals surface area contributed by atoms with Crippen molar-refractivity contribution in [2.75, 3.05) is 0 Å². The number of fused-ring (bicyclic) bond motifs is 7. The molecule has 206 valence electrons. The van der Waals surface area contributed by atoms with Crippen molar-refractivity contribution < 1.29 is 13.6 Å². The summed E-state index contributed by atoms with van der Waals surface area (Å²) in [6, 6.07) is 36.6. The minimum absolute atomic E-state index is 0.0389. The van der Waals surface area contributed by atoms with Crippen LogP contribution in [0.5, 0.6) is 5.75 Å². The Morgan fingerprint density at radius 2 is 1.41 bits per heavy atom. The lowest BCUT2D eigenvalue weighted by Crippen LogP contribution is -2.03. The van der Waals surface area contributed by atoms with Gasteiger partial charge in [0.05, 0.1) is 11.6 Å². The summed E-state index contributed by atoms with van der Waals surface area (Å²) >= 11 is 0. The Morgan fingerprint density at radius 3 is 2.27 bits per heavy atom. The van der Waals surface area contributed by atoms with Gasteiger partial charge in [-0.15, -0.1) is 0 Å². The molecule has 7 aromatic rings. The summed E-state index contributed by atoms with van der Waals surface area (Å²) in [4.78, 5) is 4.32. The molecule has 0 radical (unpaired) electrons. The van der Waals surface area contributed by atoms with Crippen LogP contribution >= 0.6 is 0 Å². The van der Waals surface area contributed by atoms with E-state index >= 15 is 0 Å². The summed E-state index contributed by atoms with van der Waals surface area (Å²) in [5.74, 6) is 0.894. The molecule has 2 aromatic heterocycles. The average Bonchev–Trinajstić information content (AvgIpc) is 3.74. The number of hydrogen-bond donors (Lipinski definition) is 0. The zero-order valence-corrected chi connectivity index (χ0v) is 23.5. The number of hydrogen-bond acceptors (Lipinski definition) is 6. The van der Waals surface area contributed by atoms with Gasteiger partial charge in [-0.3, -0.25) is 0 Å². The number of benzene rings is 5. The molecule has 6 heteroatoms. The number of nitriles is 2. The molecule has 0 fully saturated rings. The summed E-state index contributed by atoms with van der Waals surface area (Å²) in [7, 11) is 0. The SMILES string of the molecule is C=C(C#N)N=C1/C(=C(\C)C#N)Oc2cc(-c3ccc4c(c3)oc3ccc(-c5cccc6oc7ccccc7c56)cc34)ccc21. The van der Waals surface area contributed by atoms with E-state index in [1.165, 1.54) is 0 Å². The van der Waals surface area contributed by atoms with Crippen LogP contribution in [0.25, 0.3) is 66.1 Å². The lowest BCUT2D eigenvalue weighted by Gasteiger charge is -2.05. The van der Waals surface area contributed by atoms with Gasteiger partial charge in [0, 0.05) is 27.1 Å². The normalized spacial score (nSPS) is 14.6. The van der Waals surface area contributed by atoms with Crippen LogP contribution in [-0.2, 0) is 0 Å². The van der Waals surface area contributed by atoms with Crippen LogP contribution in [0.4, 0.5) is 0 Å². The van der Waals surface area contributed by atoms with E-state index in [-0.39, 0.29) is 5.70 Å². The van der Waals surface area contributed by atoms with E-state index < -0.39 is 0 Å². The van der Waals surface area contributed by atoms with Crippen LogP contribution in [0.15, 0.2) is 134 Å². The average molecular weight is 568 g/mol. The van der Waals surface area contributed by atoms with Crippen molar-refractivity contribution in [1.29, 1.82) is 10.5 Å². The first-order valence-electron chi connectivity index (χ1n) is 14.0. The minimum atomic E-state index is 0.0389. The van der Waals surface area contributed by atoms with Gasteiger partial charge in [-0.1, -0.05) is 55.1 Å². The quantitative estimate of drug-likeness (QED) is 0.198. The Labute approximate surface area is 251 Å². The molecular formula is C38H21N3O3. The summed E-state index contributed by atoms with van der Waals surface area (Å²) in [6.45, 7) is 5.32. The number of furan rings is 2. The Hall–Kier alpha value is -6.37. The van der Waals surface area contributed by atoms with E-state index in [1.54, 1.807) is 6.92 Å². The molecule has 0 bridgehead atoms. The first-order valence-corrected chi connectivity index (χ1v) is 14.0. The van der Waals surface area contributed by atoms with Gasteiger partial charge in [-0.05, 0) is 77.7 Å².